The van der Waals surface area contributed by atoms with Crippen molar-refractivity contribution in [3.63, 3.8) is 0 Å². The van der Waals surface area contributed by atoms with Crippen LogP contribution in [0.5, 0.6) is 0 Å². The van der Waals surface area contributed by atoms with Gasteiger partial charge in [0, 0.05) is 0 Å². The smallest absolute Gasteiger partial charge is 0.244 e. The summed E-state index contributed by atoms with van der Waals surface area (Å²) in [6.45, 7) is 0. The van der Waals surface area contributed by atoms with Crippen molar-refractivity contribution in [2.45, 2.75) is 6.42 Å². The number of amides is 1. The molecule has 0 spiro atoms. The van der Waals surface area contributed by atoms with Gasteiger partial charge in [0.1, 0.15) is 5.76 Å². The molecule has 0 fully saturated rings. The predicted molar refractivity (Wildman–Crippen MR) is 64.6 cm³/mol. The van der Waals surface area contributed by atoms with Crippen LogP contribution in [0.25, 0.3) is 0 Å². The number of benzene rings is 1. The first-order valence-corrected chi connectivity index (χ1v) is 5.24. The van der Waals surface area contributed by atoms with E-state index in [1.54, 1.807) is 18.4 Å². The Kier molecular flexibility index (Phi) is 3.70. The second-order valence-corrected chi connectivity index (χ2v) is 3.47. The van der Waals surface area contributed by atoms with Gasteiger partial charge in [-0.25, -0.2) is 5.43 Å². The van der Waals surface area contributed by atoms with Gasteiger partial charge in [-0.15, -0.1) is 0 Å². The maximum absolute atomic E-state index is 11.5. The van der Waals surface area contributed by atoms with Crippen LogP contribution in [0.4, 0.5) is 0 Å². The molecule has 1 aromatic carbocycles. The zero-order chi connectivity index (χ0) is 11.9. The van der Waals surface area contributed by atoms with Crippen LogP contribution >= 0.6 is 0 Å². The maximum Gasteiger partial charge on any atom is 0.244 e. The third-order valence-electron chi connectivity index (χ3n) is 2.13. The van der Waals surface area contributed by atoms with Gasteiger partial charge in [0.15, 0.2) is 0 Å². The molecular weight excluding hydrogens is 216 g/mol. The number of nitrogens with one attached hydrogen (secondary N) is 1. The van der Waals surface area contributed by atoms with Crippen molar-refractivity contribution in [1.82, 2.24) is 5.43 Å². The highest BCUT2D eigenvalue weighted by Gasteiger charge is 2.00. The zero-order valence-electron chi connectivity index (χ0n) is 9.17. The van der Waals surface area contributed by atoms with Gasteiger partial charge in [-0.2, -0.15) is 5.10 Å². The highest BCUT2D eigenvalue weighted by atomic mass is 16.3. The van der Waals surface area contributed by atoms with Crippen molar-refractivity contribution >= 4 is 12.1 Å². The predicted octanol–water partition coefficient (Wildman–Crippen LogP) is 1.97. The largest absolute Gasteiger partial charge is 0.463 e. The van der Waals surface area contributed by atoms with E-state index >= 15 is 0 Å². The fourth-order valence-electron chi connectivity index (χ4n) is 1.35. The molecule has 0 aliphatic rings. The van der Waals surface area contributed by atoms with Crippen molar-refractivity contribution in [2.24, 2.45) is 5.10 Å². The molecule has 86 valence electrons. The molecule has 0 unspecified atom stereocenters. The Hall–Kier alpha value is -2.36. The second-order valence-electron chi connectivity index (χ2n) is 3.47. The Morgan fingerprint density at radius 2 is 2.06 bits per heavy atom. The molecule has 0 saturated heterocycles. The summed E-state index contributed by atoms with van der Waals surface area (Å²) in [6, 6.07) is 13.0. The number of furan rings is 1. The summed E-state index contributed by atoms with van der Waals surface area (Å²) >= 11 is 0. The molecule has 4 heteroatoms. The van der Waals surface area contributed by atoms with Gasteiger partial charge < -0.3 is 4.42 Å². The van der Waals surface area contributed by atoms with Crippen LogP contribution in [0, 0.1) is 0 Å². The number of hydrazone groups is 1. The summed E-state index contributed by atoms with van der Waals surface area (Å²) in [5, 5.41) is 3.79. The van der Waals surface area contributed by atoms with Gasteiger partial charge in [-0.05, 0) is 17.7 Å². The summed E-state index contributed by atoms with van der Waals surface area (Å²) in [4.78, 5) is 11.5. The number of carbonyl (C=O) groups is 1. The van der Waals surface area contributed by atoms with E-state index in [4.69, 9.17) is 4.42 Å². The van der Waals surface area contributed by atoms with Gasteiger partial charge >= 0.3 is 0 Å². The lowest BCUT2D eigenvalue weighted by Gasteiger charge is -1.99. The Morgan fingerprint density at radius 3 is 2.76 bits per heavy atom. The third kappa shape index (κ3) is 3.61. The Bertz CT molecular complexity index is 489. The Labute approximate surface area is 99.0 Å². The highest BCUT2D eigenvalue weighted by molar-refractivity contribution is 5.81. The van der Waals surface area contributed by atoms with Gasteiger partial charge in [0.25, 0.3) is 0 Å². The van der Waals surface area contributed by atoms with E-state index < -0.39 is 0 Å². The van der Waals surface area contributed by atoms with Crippen LogP contribution < -0.4 is 5.43 Å². The molecule has 0 saturated carbocycles. The summed E-state index contributed by atoms with van der Waals surface area (Å²) in [7, 11) is 0. The number of nitrogens with zero attached hydrogens (tertiary/aromatic N) is 1. The van der Waals surface area contributed by atoms with E-state index in [1.807, 2.05) is 30.3 Å². The average molecular weight is 228 g/mol. The average Bonchev–Trinajstić information content (AvgIpc) is 2.83. The van der Waals surface area contributed by atoms with Crippen LogP contribution in [0.1, 0.15) is 11.3 Å². The number of hydrogen-bond acceptors (Lipinski definition) is 3. The summed E-state index contributed by atoms with van der Waals surface area (Å²) in [5.41, 5.74) is 3.40. The minimum absolute atomic E-state index is 0.154. The molecule has 2 aromatic rings. The molecule has 0 radical (unpaired) electrons. The fourth-order valence-corrected chi connectivity index (χ4v) is 1.35. The molecule has 0 aliphatic carbocycles. The van der Waals surface area contributed by atoms with E-state index in [-0.39, 0.29) is 5.91 Å². The first kappa shape index (κ1) is 11.1. The number of hydrogen-bond donors (Lipinski definition) is 1. The van der Waals surface area contributed by atoms with E-state index in [9.17, 15) is 4.79 Å². The molecule has 2 rings (SSSR count). The summed E-state index contributed by atoms with van der Waals surface area (Å²) < 4.78 is 5.03. The molecule has 0 atom stereocenters. The lowest BCUT2D eigenvalue weighted by atomic mass is 10.1. The Balaban J connectivity index is 1.82. The normalized spacial score (nSPS) is 10.6. The molecule has 1 aromatic heterocycles. The lowest BCUT2D eigenvalue weighted by molar-refractivity contribution is -0.120. The first-order valence-electron chi connectivity index (χ1n) is 5.24. The fraction of sp³-hybridized carbons (Fsp3) is 0.0769. The van der Waals surface area contributed by atoms with Crippen LogP contribution in [0.15, 0.2) is 58.2 Å². The van der Waals surface area contributed by atoms with Crippen molar-refractivity contribution < 1.29 is 9.21 Å². The van der Waals surface area contributed by atoms with E-state index in [2.05, 4.69) is 10.5 Å². The zero-order valence-corrected chi connectivity index (χ0v) is 9.17. The molecule has 17 heavy (non-hydrogen) atoms. The van der Waals surface area contributed by atoms with Crippen LogP contribution in [-0.4, -0.2) is 12.1 Å². The molecule has 1 N–H and O–H groups in total. The van der Waals surface area contributed by atoms with E-state index in [0.717, 1.165) is 5.56 Å². The van der Waals surface area contributed by atoms with Crippen molar-refractivity contribution in [3.05, 3.63) is 60.1 Å². The standard InChI is InChI=1S/C13H12N2O2/c16-13(9-11-5-2-1-3-6-11)15-14-10-12-7-4-8-17-12/h1-8,10H,9H2,(H,15,16)/b14-10-. The van der Waals surface area contributed by atoms with Crippen LogP contribution in [0.2, 0.25) is 0 Å². The van der Waals surface area contributed by atoms with Crippen LogP contribution in [0.3, 0.4) is 0 Å². The molecular formula is C13H12N2O2. The summed E-state index contributed by atoms with van der Waals surface area (Å²) in [5.74, 6) is 0.448. The number of carbonyl (C=O) groups excluding carboxylic acids is 1. The Morgan fingerprint density at radius 1 is 1.24 bits per heavy atom. The van der Waals surface area contributed by atoms with E-state index in [0.29, 0.717) is 12.2 Å². The minimum Gasteiger partial charge on any atom is -0.463 e. The number of rotatable bonds is 4. The van der Waals surface area contributed by atoms with Gasteiger partial charge in [-0.3, -0.25) is 4.79 Å². The third-order valence-corrected chi connectivity index (χ3v) is 2.13. The molecule has 0 aliphatic heterocycles. The maximum atomic E-state index is 11.5. The highest BCUT2D eigenvalue weighted by Crippen LogP contribution is 1.99. The van der Waals surface area contributed by atoms with Gasteiger partial charge in [0.2, 0.25) is 5.91 Å². The lowest BCUT2D eigenvalue weighted by Crippen LogP contribution is -2.19. The quantitative estimate of drug-likeness (QED) is 0.642. The SMILES string of the molecule is O=C(Cc1ccccc1)N/N=C\c1ccco1. The minimum atomic E-state index is -0.154. The van der Waals surface area contributed by atoms with Crippen molar-refractivity contribution in [2.75, 3.05) is 0 Å². The van der Waals surface area contributed by atoms with E-state index in [1.165, 1.54) is 6.21 Å². The monoisotopic (exact) mass is 228 g/mol. The van der Waals surface area contributed by atoms with Gasteiger partial charge in [-0.1, -0.05) is 30.3 Å². The first-order chi connectivity index (χ1) is 8.34. The molecule has 0 bridgehead atoms. The molecule has 1 heterocycles. The van der Waals surface area contributed by atoms with Crippen LogP contribution in [-0.2, 0) is 11.2 Å². The molecule has 4 nitrogen and oxygen atoms in total. The topological polar surface area (TPSA) is 54.6 Å². The van der Waals surface area contributed by atoms with Gasteiger partial charge in [0.05, 0.1) is 18.9 Å². The van der Waals surface area contributed by atoms with Crippen molar-refractivity contribution in [3.8, 4) is 0 Å². The summed E-state index contributed by atoms with van der Waals surface area (Å²) in [6.07, 6.45) is 3.33. The van der Waals surface area contributed by atoms with Crippen molar-refractivity contribution in [1.29, 1.82) is 0 Å². The molecule has 1 amide bonds. The second kappa shape index (κ2) is 5.65.